The average Bonchev–Trinajstić information content (AvgIpc) is 2.56. The van der Waals surface area contributed by atoms with Crippen LogP contribution in [0.5, 0.6) is 5.75 Å². The van der Waals surface area contributed by atoms with E-state index < -0.39 is 0 Å². The monoisotopic (exact) mass is 191 g/mol. The molecule has 76 valence electrons. The van der Waals surface area contributed by atoms with Crippen molar-refractivity contribution in [2.75, 3.05) is 5.32 Å². The Morgan fingerprint density at radius 1 is 1.21 bits per heavy atom. The Kier molecular flexibility index (Phi) is 2.62. The fourth-order valence-corrected chi connectivity index (χ4v) is 2.13. The summed E-state index contributed by atoms with van der Waals surface area (Å²) in [5.74, 6) is 1.18. The van der Waals surface area contributed by atoms with Gasteiger partial charge in [-0.05, 0) is 49.4 Å². The molecule has 0 aliphatic heterocycles. The standard InChI is InChI=1S/C12H17NO/c1-9-2-3-11(8-9)13-10-4-6-12(14)7-5-10/h4-7,9,11,13-14H,2-3,8H2,1H3. The van der Waals surface area contributed by atoms with Crippen LogP contribution >= 0.6 is 0 Å². The molecular weight excluding hydrogens is 174 g/mol. The first-order valence-corrected chi connectivity index (χ1v) is 5.29. The normalized spacial score (nSPS) is 26.4. The number of benzene rings is 1. The second-order valence-corrected chi connectivity index (χ2v) is 4.31. The first kappa shape index (κ1) is 9.38. The number of nitrogens with one attached hydrogen (secondary N) is 1. The molecule has 2 heteroatoms. The fraction of sp³-hybridized carbons (Fsp3) is 0.500. The summed E-state index contributed by atoms with van der Waals surface area (Å²) in [7, 11) is 0. The first-order chi connectivity index (χ1) is 6.74. The molecule has 2 unspecified atom stereocenters. The van der Waals surface area contributed by atoms with Crippen LogP contribution in [0.25, 0.3) is 0 Å². The Balaban J connectivity index is 1.94. The smallest absolute Gasteiger partial charge is 0.115 e. The number of anilines is 1. The van der Waals surface area contributed by atoms with Crippen molar-refractivity contribution >= 4 is 5.69 Å². The lowest BCUT2D eigenvalue weighted by atomic mass is 10.1. The van der Waals surface area contributed by atoms with Gasteiger partial charge < -0.3 is 10.4 Å². The molecule has 0 amide bonds. The molecule has 0 spiro atoms. The molecule has 0 aromatic heterocycles. The summed E-state index contributed by atoms with van der Waals surface area (Å²) in [4.78, 5) is 0. The van der Waals surface area contributed by atoms with Crippen molar-refractivity contribution in [3.05, 3.63) is 24.3 Å². The van der Waals surface area contributed by atoms with Crippen LogP contribution < -0.4 is 5.32 Å². The minimum atomic E-state index is 0.329. The highest BCUT2D eigenvalue weighted by Gasteiger charge is 2.20. The zero-order valence-electron chi connectivity index (χ0n) is 8.53. The molecular formula is C12H17NO. The maximum Gasteiger partial charge on any atom is 0.115 e. The minimum absolute atomic E-state index is 0.329. The summed E-state index contributed by atoms with van der Waals surface area (Å²) in [6.07, 6.45) is 3.86. The van der Waals surface area contributed by atoms with Crippen molar-refractivity contribution in [3.8, 4) is 5.75 Å². The van der Waals surface area contributed by atoms with E-state index in [1.165, 1.54) is 19.3 Å². The highest BCUT2D eigenvalue weighted by Crippen LogP contribution is 2.27. The number of phenols is 1. The summed E-state index contributed by atoms with van der Waals surface area (Å²) < 4.78 is 0. The third-order valence-electron chi connectivity index (χ3n) is 2.93. The summed E-state index contributed by atoms with van der Waals surface area (Å²) in [6, 6.07) is 7.92. The van der Waals surface area contributed by atoms with Gasteiger partial charge in [0.25, 0.3) is 0 Å². The van der Waals surface area contributed by atoms with Crippen molar-refractivity contribution in [1.29, 1.82) is 0 Å². The summed E-state index contributed by atoms with van der Waals surface area (Å²) in [5, 5.41) is 12.6. The largest absolute Gasteiger partial charge is 0.508 e. The van der Waals surface area contributed by atoms with E-state index in [0.717, 1.165) is 11.6 Å². The minimum Gasteiger partial charge on any atom is -0.508 e. The molecule has 0 radical (unpaired) electrons. The van der Waals surface area contributed by atoms with E-state index in [-0.39, 0.29) is 0 Å². The molecule has 1 aliphatic carbocycles. The van der Waals surface area contributed by atoms with Gasteiger partial charge in [-0.3, -0.25) is 0 Å². The molecule has 2 N–H and O–H groups in total. The van der Waals surface area contributed by atoms with Crippen LogP contribution in [-0.2, 0) is 0 Å². The second-order valence-electron chi connectivity index (χ2n) is 4.31. The van der Waals surface area contributed by atoms with Crippen LogP contribution in [0.3, 0.4) is 0 Å². The molecule has 1 aromatic rings. The van der Waals surface area contributed by atoms with E-state index in [1.54, 1.807) is 12.1 Å². The van der Waals surface area contributed by atoms with Gasteiger partial charge in [0.05, 0.1) is 0 Å². The molecule has 1 aromatic carbocycles. The summed E-state index contributed by atoms with van der Waals surface area (Å²) >= 11 is 0. The van der Waals surface area contributed by atoms with E-state index in [9.17, 15) is 0 Å². The Hall–Kier alpha value is -1.18. The van der Waals surface area contributed by atoms with Crippen LogP contribution in [0.4, 0.5) is 5.69 Å². The van der Waals surface area contributed by atoms with E-state index >= 15 is 0 Å². The molecule has 0 saturated heterocycles. The molecule has 14 heavy (non-hydrogen) atoms. The molecule has 1 fully saturated rings. The summed E-state index contributed by atoms with van der Waals surface area (Å²) in [6.45, 7) is 2.30. The van der Waals surface area contributed by atoms with Gasteiger partial charge in [-0.15, -0.1) is 0 Å². The summed E-state index contributed by atoms with van der Waals surface area (Å²) in [5.41, 5.74) is 1.11. The zero-order valence-corrected chi connectivity index (χ0v) is 8.53. The third kappa shape index (κ3) is 2.19. The van der Waals surface area contributed by atoms with Crippen molar-refractivity contribution < 1.29 is 5.11 Å². The van der Waals surface area contributed by atoms with E-state index in [1.807, 2.05) is 12.1 Å². The van der Waals surface area contributed by atoms with Crippen LogP contribution in [0.15, 0.2) is 24.3 Å². The molecule has 0 bridgehead atoms. The number of hydrogen-bond acceptors (Lipinski definition) is 2. The molecule has 1 aliphatic rings. The van der Waals surface area contributed by atoms with Gasteiger partial charge in [-0.1, -0.05) is 6.92 Å². The van der Waals surface area contributed by atoms with Gasteiger partial charge in [0.2, 0.25) is 0 Å². The van der Waals surface area contributed by atoms with Crippen molar-refractivity contribution in [2.45, 2.75) is 32.2 Å². The predicted octanol–water partition coefficient (Wildman–Crippen LogP) is 2.99. The van der Waals surface area contributed by atoms with Gasteiger partial charge in [0.1, 0.15) is 5.75 Å². The van der Waals surface area contributed by atoms with Crippen LogP contribution in [0.2, 0.25) is 0 Å². The third-order valence-corrected chi connectivity index (χ3v) is 2.93. The second kappa shape index (κ2) is 3.91. The molecule has 2 nitrogen and oxygen atoms in total. The number of rotatable bonds is 2. The van der Waals surface area contributed by atoms with Crippen LogP contribution in [0, 0.1) is 5.92 Å². The highest BCUT2D eigenvalue weighted by atomic mass is 16.3. The maximum atomic E-state index is 9.13. The lowest BCUT2D eigenvalue weighted by Gasteiger charge is -2.13. The Bertz CT molecular complexity index is 294. The average molecular weight is 191 g/mol. The van der Waals surface area contributed by atoms with Gasteiger partial charge in [-0.25, -0.2) is 0 Å². The van der Waals surface area contributed by atoms with Gasteiger partial charge >= 0.3 is 0 Å². The van der Waals surface area contributed by atoms with Crippen LogP contribution in [0.1, 0.15) is 26.2 Å². The van der Waals surface area contributed by atoms with E-state index in [4.69, 9.17) is 5.11 Å². The molecule has 0 heterocycles. The topological polar surface area (TPSA) is 32.3 Å². The highest BCUT2D eigenvalue weighted by molar-refractivity contribution is 5.46. The number of hydrogen-bond donors (Lipinski definition) is 2. The van der Waals surface area contributed by atoms with Crippen molar-refractivity contribution in [1.82, 2.24) is 0 Å². The van der Waals surface area contributed by atoms with E-state index in [2.05, 4.69) is 12.2 Å². The zero-order chi connectivity index (χ0) is 9.97. The lowest BCUT2D eigenvalue weighted by molar-refractivity contribution is 0.475. The Morgan fingerprint density at radius 3 is 2.50 bits per heavy atom. The molecule has 2 rings (SSSR count). The lowest BCUT2D eigenvalue weighted by Crippen LogP contribution is -2.14. The quantitative estimate of drug-likeness (QED) is 0.704. The van der Waals surface area contributed by atoms with Crippen molar-refractivity contribution in [2.24, 2.45) is 5.92 Å². The van der Waals surface area contributed by atoms with Crippen LogP contribution in [-0.4, -0.2) is 11.1 Å². The van der Waals surface area contributed by atoms with Gasteiger partial charge in [-0.2, -0.15) is 0 Å². The molecule has 1 saturated carbocycles. The van der Waals surface area contributed by atoms with Crippen molar-refractivity contribution in [3.63, 3.8) is 0 Å². The van der Waals surface area contributed by atoms with E-state index in [0.29, 0.717) is 11.8 Å². The number of phenolic OH excluding ortho intramolecular Hbond substituents is 1. The SMILES string of the molecule is CC1CCC(Nc2ccc(O)cc2)C1. The predicted molar refractivity (Wildman–Crippen MR) is 58.5 cm³/mol. The van der Waals surface area contributed by atoms with Gasteiger partial charge in [0.15, 0.2) is 0 Å². The number of aromatic hydroxyl groups is 1. The Labute approximate surface area is 85.0 Å². The maximum absolute atomic E-state index is 9.13. The fourth-order valence-electron chi connectivity index (χ4n) is 2.13. The Morgan fingerprint density at radius 2 is 1.93 bits per heavy atom. The van der Waals surface area contributed by atoms with Gasteiger partial charge in [0, 0.05) is 11.7 Å². The first-order valence-electron chi connectivity index (χ1n) is 5.29. The molecule has 2 atom stereocenters.